The smallest absolute Gasteiger partial charge is 0.332 e. The highest BCUT2D eigenvalue weighted by atomic mass is 16.7. The fourth-order valence-electron chi connectivity index (χ4n) is 8.24. The molecule has 1 spiro atoms. The van der Waals surface area contributed by atoms with Gasteiger partial charge in [-0.25, -0.2) is 4.79 Å². The second kappa shape index (κ2) is 4.89. The zero-order valence-corrected chi connectivity index (χ0v) is 16.5. The number of nitrogens with zero attached hydrogens (tertiary/aromatic N) is 1. The predicted molar refractivity (Wildman–Crippen MR) is 102 cm³/mol. The zero-order valence-electron chi connectivity index (χ0n) is 16.5. The highest BCUT2D eigenvalue weighted by Gasteiger charge is 2.82. The molecule has 1 N–H and O–H groups in total. The van der Waals surface area contributed by atoms with Crippen LogP contribution < -0.4 is 14.8 Å². The maximum atomic E-state index is 13.6. The first-order valence-corrected chi connectivity index (χ1v) is 10.6. The van der Waals surface area contributed by atoms with Crippen molar-refractivity contribution in [1.82, 2.24) is 4.90 Å². The van der Waals surface area contributed by atoms with Crippen molar-refractivity contribution in [2.75, 3.05) is 32.3 Å². The summed E-state index contributed by atoms with van der Waals surface area (Å²) in [5.74, 6) is 1.21. The first kappa shape index (κ1) is 16.5. The molecule has 4 bridgehead atoms. The van der Waals surface area contributed by atoms with Crippen molar-refractivity contribution < 1.29 is 23.8 Å². The molecular weight excluding hydrogens is 372 g/mol. The van der Waals surface area contributed by atoms with Gasteiger partial charge in [-0.3, -0.25) is 9.69 Å². The van der Waals surface area contributed by atoms with Gasteiger partial charge in [-0.2, -0.15) is 0 Å². The first-order chi connectivity index (χ1) is 14.1. The van der Waals surface area contributed by atoms with Crippen LogP contribution in [0.2, 0.25) is 0 Å². The lowest BCUT2D eigenvalue weighted by molar-refractivity contribution is -0.163. The summed E-state index contributed by atoms with van der Waals surface area (Å²) in [7, 11) is 1.46. The van der Waals surface area contributed by atoms with Crippen molar-refractivity contribution >= 4 is 17.4 Å². The molecule has 7 heteroatoms. The monoisotopic (exact) mass is 396 g/mol. The van der Waals surface area contributed by atoms with E-state index >= 15 is 0 Å². The normalized spacial score (nSPS) is 42.9. The Bertz CT molecular complexity index is 994. The minimum Gasteiger partial charge on any atom is -0.467 e. The number of rotatable bonds is 1. The predicted octanol–water partition coefficient (Wildman–Crippen LogP) is 1.84. The van der Waals surface area contributed by atoms with Crippen LogP contribution in [0, 0.1) is 11.3 Å². The molecule has 5 atom stereocenters. The summed E-state index contributed by atoms with van der Waals surface area (Å²) in [6.45, 7) is 1.90. The number of ketones is 1. The van der Waals surface area contributed by atoms with Crippen LogP contribution in [0.25, 0.3) is 0 Å². The van der Waals surface area contributed by atoms with E-state index in [9.17, 15) is 9.59 Å². The molecule has 2 aliphatic carbocycles. The number of esters is 1. The van der Waals surface area contributed by atoms with Crippen LogP contribution in [-0.2, 0) is 19.7 Å². The molecule has 2 saturated carbocycles. The maximum Gasteiger partial charge on any atom is 0.332 e. The number of piperidine rings is 1. The number of Topliss-reactive ketones (excluding diaryl/α,β-unsaturated/α-hetero) is 1. The average molecular weight is 396 g/mol. The van der Waals surface area contributed by atoms with E-state index in [-0.39, 0.29) is 30.1 Å². The molecule has 6 aliphatic rings. The Kier molecular flexibility index (Phi) is 2.78. The quantitative estimate of drug-likeness (QED) is 0.726. The number of nitrogens with one attached hydrogen (secondary N) is 1. The van der Waals surface area contributed by atoms with E-state index in [1.54, 1.807) is 0 Å². The van der Waals surface area contributed by atoms with Crippen LogP contribution in [-0.4, -0.2) is 55.2 Å². The van der Waals surface area contributed by atoms with E-state index in [0.29, 0.717) is 30.1 Å². The fourth-order valence-corrected chi connectivity index (χ4v) is 8.24. The number of benzene rings is 1. The van der Waals surface area contributed by atoms with Crippen molar-refractivity contribution in [2.45, 2.75) is 49.1 Å². The molecule has 7 rings (SSSR count). The standard InChI is InChI=1S/C22H24N2O5/c1-27-19(26)21-7-6-20-5-2-8-24-10-13(14(25)9-20)22(21,18(20)24)12-3-4-15-17(16(12)23-21)29-11-28-15/h3-4,13,18,23H,2,5-11H2,1H3/t13-,18+,20-,21-,22+/m1/s1. The summed E-state index contributed by atoms with van der Waals surface area (Å²) in [5.41, 5.74) is 0.285. The Labute approximate surface area is 168 Å². The lowest BCUT2D eigenvalue weighted by Crippen LogP contribution is -2.75. The molecular formula is C22H24N2O5. The second-order valence-corrected chi connectivity index (χ2v) is 9.67. The van der Waals surface area contributed by atoms with E-state index in [1.165, 1.54) is 7.11 Å². The third kappa shape index (κ3) is 1.52. The molecule has 4 aliphatic heterocycles. The SMILES string of the molecule is COC(=O)[C@]12CC[C@]34CCCN5C[C@H](C(=O)C3)[C@@]1(c1ccc3c(c1N2)OCO3)[C@@H]54. The molecule has 0 amide bonds. The van der Waals surface area contributed by atoms with Gasteiger partial charge in [0.05, 0.1) is 18.2 Å². The number of hydrogen-bond acceptors (Lipinski definition) is 7. The van der Waals surface area contributed by atoms with Crippen LogP contribution in [0.3, 0.4) is 0 Å². The lowest BCUT2D eigenvalue weighted by Gasteiger charge is -2.63. The number of hydrogen-bond donors (Lipinski definition) is 1. The number of carbonyl (C=O) groups excluding carboxylic acids is 2. The van der Waals surface area contributed by atoms with Crippen molar-refractivity contribution in [2.24, 2.45) is 11.3 Å². The largest absolute Gasteiger partial charge is 0.467 e. The fraction of sp³-hybridized carbons (Fsp3) is 0.636. The molecule has 0 radical (unpaired) electrons. The molecule has 29 heavy (non-hydrogen) atoms. The summed E-state index contributed by atoms with van der Waals surface area (Å²) >= 11 is 0. The van der Waals surface area contributed by atoms with Crippen LogP contribution in [0.4, 0.5) is 5.69 Å². The van der Waals surface area contributed by atoms with Gasteiger partial charge in [-0.05, 0) is 49.3 Å². The minimum atomic E-state index is -0.938. The Hall–Kier alpha value is -2.28. The lowest BCUT2D eigenvalue weighted by atomic mass is 9.41. The Morgan fingerprint density at radius 3 is 3.03 bits per heavy atom. The maximum absolute atomic E-state index is 13.6. The van der Waals surface area contributed by atoms with Gasteiger partial charge < -0.3 is 19.5 Å². The summed E-state index contributed by atoms with van der Waals surface area (Å²) < 4.78 is 16.8. The highest BCUT2D eigenvalue weighted by molar-refractivity contribution is 5.99. The first-order valence-electron chi connectivity index (χ1n) is 10.6. The Morgan fingerprint density at radius 1 is 1.28 bits per heavy atom. The molecule has 0 aromatic heterocycles. The summed E-state index contributed by atoms with van der Waals surface area (Å²) in [6.07, 6.45) is 4.38. The minimum absolute atomic E-state index is 0.0421. The van der Waals surface area contributed by atoms with Crippen LogP contribution in [0.1, 0.15) is 37.7 Å². The summed E-state index contributed by atoms with van der Waals surface area (Å²) in [5, 5.41) is 3.60. The van der Waals surface area contributed by atoms with E-state index < -0.39 is 11.0 Å². The third-order valence-electron chi connectivity index (χ3n) is 8.94. The van der Waals surface area contributed by atoms with Gasteiger partial charge in [0.2, 0.25) is 6.79 Å². The van der Waals surface area contributed by atoms with Crippen molar-refractivity contribution in [3.63, 3.8) is 0 Å². The van der Waals surface area contributed by atoms with Gasteiger partial charge in [0.15, 0.2) is 11.5 Å². The average Bonchev–Trinajstić information content (AvgIpc) is 3.40. The number of carbonyl (C=O) groups is 2. The van der Waals surface area contributed by atoms with Crippen molar-refractivity contribution in [3.05, 3.63) is 17.7 Å². The van der Waals surface area contributed by atoms with E-state index in [0.717, 1.165) is 43.6 Å². The number of ether oxygens (including phenoxy) is 3. The number of anilines is 1. The molecule has 2 saturated heterocycles. The van der Waals surface area contributed by atoms with Crippen LogP contribution in [0.5, 0.6) is 11.5 Å². The molecule has 1 aromatic rings. The topological polar surface area (TPSA) is 77.1 Å². The van der Waals surface area contributed by atoms with Crippen LogP contribution >= 0.6 is 0 Å². The molecule has 4 fully saturated rings. The van der Waals surface area contributed by atoms with Crippen LogP contribution in [0.15, 0.2) is 12.1 Å². The summed E-state index contributed by atoms with van der Waals surface area (Å²) in [6, 6.07) is 4.18. The summed E-state index contributed by atoms with van der Waals surface area (Å²) in [4.78, 5) is 29.6. The Balaban J connectivity index is 1.58. The molecule has 4 heterocycles. The highest BCUT2D eigenvalue weighted by Crippen LogP contribution is 2.73. The van der Waals surface area contributed by atoms with Gasteiger partial charge in [-0.15, -0.1) is 0 Å². The van der Waals surface area contributed by atoms with E-state index in [4.69, 9.17) is 14.2 Å². The zero-order chi connectivity index (χ0) is 19.6. The molecule has 152 valence electrons. The van der Waals surface area contributed by atoms with E-state index in [1.807, 2.05) is 6.07 Å². The van der Waals surface area contributed by atoms with Gasteiger partial charge >= 0.3 is 5.97 Å². The molecule has 1 aromatic carbocycles. The van der Waals surface area contributed by atoms with Gasteiger partial charge in [0.25, 0.3) is 0 Å². The third-order valence-corrected chi connectivity index (χ3v) is 8.94. The van der Waals surface area contributed by atoms with Crippen molar-refractivity contribution in [3.8, 4) is 11.5 Å². The molecule has 7 nitrogen and oxygen atoms in total. The van der Waals surface area contributed by atoms with Crippen molar-refractivity contribution in [1.29, 1.82) is 0 Å². The molecule has 0 unspecified atom stereocenters. The van der Waals surface area contributed by atoms with Gasteiger partial charge in [0, 0.05) is 24.9 Å². The second-order valence-electron chi connectivity index (χ2n) is 9.67. The van der Waals surface area contributed by atoms with E-state index in [2.05, 4.69) is 16.3 Å². The number of fused-ring (bicyclic) bond motifs is 3. The van der Waals surface area contributed by atoms with Gasteiger partial charge in [0.1, 0.15) is 11.3 Å². The Morgan fingerprint density at radius 2 is 2.17 bits per heavy atom. The number of methoxy groups -OCH3 is 1. The van der Waals surface area contributed by atoms with Gasteiger partial charge in [-0.1, -0.05) is 6.07 Å².